The quantitative estimate of drug-likeness (QED) is 0.690. The first-order valence-corrected chi connectivity index (χ1v) is 7.83. The molecule has 122 valence electrons. The molecule has 0 aliphatic carbocycles. The predicted molar refractivity (Wildman–Crippen MR) is 95.2 cm³/mol. The molecule has 0 spiro atoms. The maximum atomic E-state index is 12.9. The van der Waals surface area contributed by atoms with E-state index in [1.165, 1.54) is 12.1 Å². The summed E-state index contributed by atoms with van der Waals surface area (Å²) >= 11 is 5.99. The minimum atomic E-state index is -0.251. The highest BCUT2D eigenvalue weighted by atomic mass is 35.5. The molecule has 0 amide bonds. The average molecular weight is 343 g/mol. The summed E-state index contributed by atoms with van der Waals surface area (Å²) in [6, 6.07) is 15.6. The van der Waals surface area contributed by atoms with Crippen molar-refractivity contribution in [2.45, 2.75) is 13.5 Å². The van der Waals surface area contributed by atoms with Crippen LogP contribution in [-0.4, -0.2) is 9.97 Å². The van der Waals surface area contributed by atoms with Gasteiger partial charge >= 0.3 is 0 Å². The number of anilines is 3. The number of aryl methyl sites for hydroxylation is 1. The van der Waals surface area contributed by atoms with E-state index in [9.17, 15) is 4.39 Å². The maximum absolute atomic E-state index is 12.9. The van der Waals surface area contributed by atoms with Gasteiger partial charge in [0, 0.05) is 29.0 Å². The van der Waals surface area contributed by atoms with Gasteiger partial charge in [-0.1, -0.05) is 29.8 Å². The first-order valence-electron chi connectivity index (χ1n) is 7.45. The first-order chi connectivity index (χ1) is 11.6. The Hall–Kier alpha value is -2.66. The molecule has 24 heavy (non-hydrogen) atoms. The number of hydrogen-bond donors (Lipinski definition) is 2. The van der Waals surface area contributed by atoms with Crippen molar-refractivity contribution in [2.24, 2.45) is 0 Å². The lowest BCUT2D eigenvalue weighted by Gasteiger charge is -2.10. The summed E-state index contributed by atoms with van der Waals surface area (Å²) in [6.45, 7) is 2.41. The number of nitrogens with zero attached hydrogens (tertiary/aromatic N) is 2. The predicted octanol–water partition coefficient (Wildman–Crippen LogP) is 4.93. The van der Waals surface area contributed by atoms with Crippen LogP contribution in [0.25, 0.3) is 0 Å². The van der Waals surface area contributed by atoms with Gasteiger partial charge in [-0.2, -0.15) is 4.98 Å². The van der Waals surface area contributed by atoms with Crippen molar-refractivity contribution in [1.29, 1.82) is 0 Å². The van der Waals surface area contributed by atoms with Gasteiger partial charge in [-0.05, 0) is 42.8 Å². The molecule has 4 nitrogen and oxygen atoms in total. The molecule has 0 aliphatic rings. The average Bonchev–Trinajstić information content (AvgIpc) is 2.54. The van der Waals surface area contributed by atoms with Gasteiger partial charge in [-0.3, -0.25) is 0 Å². The van der Waals surface area contributed by atoms with E-state index in [1.54, 1.807) is 12.1 Å². The van der Waals surface area contributed by atoms with Crippen molar-refractivity contribution in [3.05, 3.63) is 76.7 Å². The molecule has 3 rings (SSSR count). The van der Waals surface area contributed by atoms with Crippen molar-refractivity contribution in [2.75, 3.05) is 10.6 Å². The van der Waals surface area contributed by atoms with Gasteiger partial charge in [0.15, 0.2) is 0 Å². The van der Waals surface area contributed by atoms with Crippen molar-refractivity contribution >= 4 is 29.1 Å². The summed E-state index contributed by atoms with van der Waals surface area (Å²) in [5.41, 5.74) is 2.63. The van der Waals surface area contributed by atoms with Crippen LogP contribution < -0.4 is 10.6 Å². The number of rotatable bonds is 5. The van der Waals surface area contributed by atoms with Crippen molar-refractivity contribution in [3.63, 3.8) is 0 Å². The van der Waals surface area contributed by atoms with Crippen molar-refractivity contribution < 1.29 is 4.39 Å². The first kappa shape index (κ1) is 16.2. The fourth-order valence-electron chi connectivity index (χ4n) is 2.21. The maximum Gasteiger partial charge on any atom is 0.225 e. The molecule has 0 atom stereocenters. The molecule has 2 aromatic carbocycles. The Labute approximate surface area is 144 Å². The van der Waals surface area contributed by atoms with Crippen LogP contribution in [0.5, 0.6) is 0 Å². The van der Waals surface area contributed by atoms with E-state index in [0.717, 1.165) is 16.9 Å². The summed E-state index contributed by atoms with van der Waals surface area (Å²) in [4.78, 5) is 8.80. The fourth-order valence-corrected chi connectivity index (χ4v) is 2.40. The molecule has 2 N–H and O–H groups in total. The van der Waals surface area contributed by atoms with Gasteiger partial charge in [-0.15, -0.1) is 0 Å². The molecule has 0 aliphatic heterocycles. The van der Waals surface area contributed by atoms with Crippen LogP contribution in [-0.2, 0) is 6.54 Å². The van der Waals surface area contributed by atoms with Gasteiger partial charge in [-0.25, -0.2) is 9.37 Å². The smallest absolute Gasteiger partial charge is 0.225 e. The SMILES string of the molecule is Cc1cc(Nc2cccc(Cl)c2)nc(NCc2ccc(F)cc2)n1. The highest BCUT2D eigenvalue weighted by molar-refractivity contribution is 6.30. The monoisotopic (exact) mass is 342 g/mol. The van der Waals surface area contributed by atoms with E-state index in [0.29, 0.717) is 23.3 Å². The summed E-state index contributed by atoms with van der Waals surface area (Å²) in [5.74, 6) is 0.925. The van der Waals surface area contributed by atoms with E-state index >= 15 is 0 Å². The number of hydrogen-bond acceptors (Lipinski definition) is 4. The van der Waals surface area contributed by atoms with E-state index in [-0.39, 0.29) is 5.82 Å². The van der Waals surface area contributed by atoms with Crippen LogP contribution in [0.4, 0.5) is 21.8 Å². The highest BCUT2D eigenvalue weighted by Gasteiger charge is 2.04. The number of halogens is 2. The van der Waals surface area contributed by atoms with Gasteiger partial charge in [0.05, 0.1) is 0 Å². The Morgan fingerprint density at radius 3 is 2.58 bits per heavy atom. The second-order valence-electron chi connectivity index (χ2n) is 5.33. The Balaban J connectivity index is 1.72. The van der Waals surface area contributed by atoms with Crippen LogP contribution in [0.1, 0.15) is 11.3 Å². The molecule has 0 unspecified atom stereocenters. The molecule has 1 heterocycles. The van der Waals surface area contributed by atoms with Gasteiger partial charge in [0.2, 0.25) is 5.95 Å². The Morgan fingerprint density at radius 2 is 1.83 bits per heavy atom. The second kappa shape index (κ2) is 7.27. The second-order valence-corrected chi connectivity index (χ2v) is 5.77. The summed E-state index contributed by atoms with van der Waals surface area (Å²) in [6.07, 6.45) is 0. The number of nitrogens with one attached hydrogen (secondary N) is 2. The van der Waals surface area contributed by atoms with Gasteiger partial charge < -0.3 is 10.6 Å². The summed E-state index contributed by atoms with van der Waals surface area (Å²) in [7, 11) is 0. The Bertz CT molecular complexity index is 837. The molecule has 6 heteroatoms. The lowest BCUT2D eigenvalue weighted by Crippen LogP contribution is -2.06. The molecule has 3 aromatic rings. The molecule has 1 aromatic heterocycles. The minimum Gasteiger partial charge on any atom is -0.350 e. The van der Waals surface area contributed by atoms with Crippen LogP contribution in [0.2, 0.25) is 5.02 Å². The largest absolute Gasteiger partial charge is 0.350 e. The third-order valence-electron chi connectivity index (χ3n) is 3.32. The third kappa shape index (κ3) is 4.43. The van der Waals surface area contributed by atoms with Crippen LogP contribution in [0.3, 0.4) is 0 Å². The lowest BCUT2D eigenvalue weighted by molar-refractivity contribution is 0.627. The summed E-state index contributed by atoms with van der Waals surface area (Å²) in [5, 5.41) is 7.01. The topological polar surface area (TPSA) is 49.8 Å². The molecule has 0 radical (unpaired) electrons. The zero-order valence-corrected chi connectivity index (χ0v) is 13.8. The Morgan fingerprint density at radius 1 is 1.04 bits per heavy atom. The van der Waals surface area contributed by atoms with Crippen LogP contribution in [0.15, 0.2) is 54.6 Å². The zero-order valence-electron chi connectivity index (χ0n) is 13.1. The molecule has 0 saturated heterocycles. The molecule has 0 fully saturated rings. The fraction of sp³-hybridized carbons (Fsp3) is 0.111. The van der Waals surface area contributed by atoms with Gasteiger partial charge in [0.1, 0.15) is 11.6 Å². The van der Waals surface area contributed by atoms with E-state index in [2.05, 4.69) is 20.6 Å². The van der Waals surface area contributed by atoms with Crippen LogP contribution >= 0.6 is 11.6 Å². The number of aromatic nitrogens is 2. The highest BCUT2D eigenvalue weighted by Crippen LogP contribution is 2.20. The van der Waals surface area contributed by atoms with Gasteiger partial charge in [0.25, 0.3) is 0 Å². The minimum absolute atomic E-state index is 0.251. The van der Waals surface area contributed by atoms with Crippen molar-refractivity contribution in [3.8, 4) is 0 Å². The summed E-state index contributed by atoms with van der Waals surface area (Å²) < 4.78 is 12.9. The molecule has 0 bridgehead atoms. The van der Waals surface area contributed by atoms with E-state index in [4.69, 9.17) is 11.6 Å². The third-order valence-corrected chi connectivity index (χ3v) is 3.55. The standard InChI is InChI=1S/C18H16ClFN4/c1-12-9-17(23-16-4-2-3-14(19)10-16)24-18(22-12)21-11-13-5-7-15(20)8-6-13/h2-10H,11H2,1H3,(H2,21,22,23,24). The lowest BCUT2D eigenvalue weighted by atomic mass is 10.2. The zero-order chi connectivity index (χ0) is 16.9. The molecule has 0 saturated carbocycles. The number of benzene rings is 2. The molecular formula is C18H16ClFN4. The van der Waals surface area contributed by atoms with Crippen molar-refractivity contribution in [1.82, 2.24) is 9.97 Å². The molecular weight excluding hydrogens is 327 g/mol. The Kier molecular flexibility index (Phi) is 4.91. The van der Waals surface area contributed by atoms with E-state index < -0.39 is 0 Å². The van der Waals surface area contributed by atoms with Crippen LogP contribution in [0, 0.1) is 12.7 Å². The normalized spacial score (nSPS) is 10.5. The van der Waals surface area contributed by atoms with E-state index in [1.807, 2.05) is 37.3 Å².